The van der Waals surface area contributed by atoms with E-state index in [-0.39, 0.29) is 17.6 Å². The smallest absolute Gasteiger partial charge is 0.290 e. The molecule has 0 saturated carbocycles. The average Bonchev–Trinajstić information content (AvgIpc) is 3.29. The average molecular weight is 406 g/mol. The predicted octanol–water partition coefficient (Wildman–Crippen LogP) is 3.39. The van der Waals surface area contributed by atoms with Crippen molar-refractivity contribution in [2.75, 3.05) is 20.2 Å². The molecule has 0 spiro atoms. The van der Waals surface area contributed by atoms with E-state index in [4.69, 9.17) is 9.26 Å². The van der Waals surface area contributed by atoms with E-state index in [9.17, 15) is 4.79 Å². The van der Waals surface area contributed by atoms with Crippen LogP contribution in [0.25, 0.3) is 0 Å². The molecule has 7 nitrogen and oxygen atoms in total. The number of nitrogens with zero attached hydrogens (tertiary/aromatic N) is 3. The van der Waals surface area contributed by atoms with Crippen LogP contribution in [0.15, 0.2) is 59.4 Å². The topological polar surface area (TPSA) is 80.5 Å². The molecule has 4 rings (SSSR count). The van der Waals surface area contributed by atoms with Gasteiger partial charge in [0.15, 0.2) is 0 Å². The van der Waals surface area contributed by atoms with Gasteiger partial charge in [-0.1, -0.05) is 17.3 Å². The van der Waals surface area contributed by atoms with E-state index in [0.29, 0.717) is 6.54 Å². The molecule has 1 fully saturated rings. The Kier molecular flexibility index (Phi) is 6.39. The minimum absolute atomic E-state index is 0.254. The summed E-state index contributed by atoms with van der Waals surface area (Å²) < 4.78 is 10.7. The quantitative estimate of drug-likeness (QED) is 0.648. The normalized spacial score (nSPS) is 16.9. The Labute approximate surface area is 176 Å². The summed E-state index contributed by atoms with van der Waals surface area (Å²) in [5.41, 5.74) is 3.06. The minimum Gasteiger partial charge on any atom is -0.497 e. The molecule has 1 aromatic carbocycles. The first-order chi connectivity index (χ1) is 14.7. The predicted molar refractivity (Wildman–Crippen MR) is 112 cm³/mol. The van der Waals surface area contributed by atoms with E-state index in [2.05, 4.69) is 32.5 Å². The number of rotatable bonds is 7. The summed E-state index contributed by atoms with van der Waals surface area (Å²) in [6.07, 6.45) is 5.53. The van der Waals surface area contributed by atoms with Gasteiger partial charge < -0.3 is 14.6 Å². The second kappa shape index (κ2) is 9.54. The molecule has 1 atom stereocenters. The lowest BCUT2D eigenvalue weighted by Crippen LogP contribution is -2.34. The fraction of sp³-hybridized carbons (Fsp3) is 0.348. The van der Waals surface area contributed by atoms with E-state index in [1.807, 2.05) is 24.3 Å². The maximum Gasteiger partial charge on any atom is 0.290 e. The van der Waals surface area contributed by atoms with Crippen molar-refractivity contribution in [3.8, 4) is 5.75 Å². The highest BCUT2D eigenvalue weighted by molar-refractivity contribution is 5.91. The number of hydrogen-bond donors (Lipinski definition) is 1. The van der Waals surface area contributed by atoms with Gasteiger partial charge in [0.25, 0.3) is 5.91 Å². The molecule has 30 heavy (non-hydrogen) atoms. The molecule has 1 N–H and O–H groups in total. The molecule has 1 saturated heterocycles. The lowest BCUT2D eigenvalue weighted by Gasteiger charge is -2.31. The molecule has 156 valence electrons. The number of pyridine rings is 1. The molecule has 0 radical (unpaired) electrons. The largest absolute Gasteiger partial charge is 0.497 e. The third kappa shape index (κ3) is 5.04. The molecule has 1 aliphatic heterocycles. The monoisotopic (exact) mass is 406 g/mol. The van der Waals surface area contributed by atoms with E-state index in [1.54, 1.807) is 25.6 Å². The number of carbonyl (C=O) groups is 1. The Hall–Kier alpha value is -3.19. The Balaban J connectivity index is 1.34. The van der Waals surface area contributed by atoms with Gasteiger partial charge in [0, 0.05) is 44.0 Å². The SMILES string of the molecule is COc1cccc(CN2CCC[C@H](c3cc(C(=O)NCc4ccncc4)on3)C2)c1. The maximum absolute atomic E-state index is 12.4. The highest BCUT2D eigenvalue weighted by Crippen LogP contribution is 2.28. The van der Waals surface area contributed by atoms with Crippen LogP contribution in [0.4, 0.5) is 0 Å². The van der Waals surface area contributed by atoms with E-state index in [1.165, 1.54) is 5.56 Å². The van der Waals surface area contributed by atoms with Crippen molar-refractivity contribution in [1.82, 2.24) is 20.4 Å². The van der Waals surface area contributed by atoms with Crippen LogP contribution >= 0.6 is 0 Å². The zero-order chi connectivity index (χ0) is 20.8. The first-order valence-corrected chi connectivity index (χ1v) is 10.2. The van der Waals surface area contributed by atoms with Gasteiger partial charge in [-0.25, -0.2) is 0 Å². The van der Waals surface area contributed by atoms with Crippen LogP contribution < -0.4 is 10.1 Å². The number of amides is 1. The van der Waals surface area contributed by atoms with Gasteiger partial charge in [0.05, 0.1) is 12.8 Å². The maximum atomic E-state index is 12.4. The van der Waals surface area contributed by atoms with Gasteiger partial charge >= 0.3 is 0 Å². The van der Waals surface area contributed by atoms with E-state index >= 15 is 0 Å². The summed E-state index contributed by atoms with van der Waals surface area (Å²) in [6, 6.07) is 13.7. The Morgan fingerprint density at radius 1 is 1.23 bits per heavy atom. The van der Waals surface area contributed by atoms with Crippen molar-refractivity contribution >= 4 is 5.91 Å². The van der Waals surface area contributed by atoms with Crippen molar-refractivity contribution in [2.45, 2.75) is 31.8 Å². The van der Waals surface area contributed by atoms with Gasteiger partial charge in [-0.15, -0.1) is 0 Å². The summed E-state index contributed by atoms with van der Waals surface area (Å²) in [7, 11) is 1.69. The molecule has 0 bridgehead atoms. The number of hydrogen-bond acceptors (Lipinski definition) is 6. The molecule has 3 aromatic rings. The van der Waals surface area contributed by atoms with Crippen molar-refractivity contribution in [1.29, 1.82) is 0 Å². The first-order valence-electron chi connectivity index (χ1n) is 10.2. The van der Waals surface area contributed by atoms with Crippen molar-refractivity contribution in [3.63, 3.8) is 0 Å². The Morgan fingerprint density at radius 2 is 2.10 bits per heavy atom. The van der Waals surface area contributed by atoms with Gasteiger partial charge in [0.2, 0.25) is 5.76 Å². The molecular weight excluding hydrogens is 380 g/mol. The van der Waals surface area contributed by atoms with Gasteiger partial charge in [0.1, 0.15) is 5.75 Å². The van der Waals surface area contributed by atoms with Gasteiger partial charge in [-0.05, 0) is 54.8 Å². The molecule has 3 heterocycles. The zero-order valence-electron chi connectivity index (χ0n) is 17.1. The lowest BCUT2D eigenvalue weighted by atomic mass is 9.94. The Bertz CT molecular complexity index is 973. The van der Waals surface area contributed by atoms with E-state index < -0.39 is 0 Å². The number of methoxy groups -OCH3 is 1. The van der Waals surface area contributed by atoms with Crippen LogP contribution in [-0.2, 0) is 13.1 Å². The van der Waals surface area contributed by atoms with Gasteiger partial charge in [-0.2, -0.15) is 0 Å². The zero-order valence-corrected chi connectivity index (χ0v) is 17.1. The fourth-order valence-electron chi connectivity index (χ4n) is 3.83. The number of likely N-dealkylation sites (tertiary alicyclic amines) is 1. The molecule has 7 heteroatoms. The van der Waals surface area contributed by atoms with Crippen LogP contribution in [0.2, 0.25) is 0 Å². The molecule has 0 unspecified atom stereocenters. The number of ether oxygens (including phenoxy) is 1. The highest BCUT2D eigenvalue weighted by atomic mass is 16.5. The van der Waals surface area contributed by atoms with Crippen molar-refractivity contribution in [2.24, 2.45) is 0 Å². The van der Waals surface area contributed by atoms with Crippen LogP contribution in [0, 0.1) is 0 Å². The summed E-state index contributed by atoms with van der Waals surface area (Å²) >= 11 is 0. The molecule has 1 amide bonds. The standard InChI is InChI=1S/C23H26N4O3/c1-29-20-6-2-4-18(12-20)15-27-11-3-5-19(16-27)21-13-22(30-26-21)23(28)25-14-17-7-9-24-10-8-17/h2,4,6-10,12-13,19H,3,5,11,14-16H2,1H3,(H,25,28)/t19-/m0/s1. The van der Waals surface area contributed by atoms with Gasteiger partial charge in [-0.3, -0.25) is 14.7 Å². The second-order valence-electron chi connectivity index (χ2n) is 7.58. The number of piperidine rings is 1. The summed E-state index contributed by atoms with van der Waals surface area (Å²) in [5.74, 6) is 1.13. The number of benzene rings is 1. The van der Waals surface area contributed by atoms with Crippen LogP contribution in [0.3, 0.4) is 0 Å². The number of nitrogens with one attached hydrogen (secondary N) is 1. The lowest BCUT2D eigenvalue weighted by molar-refractivity contribution is 0.0913. The molecule has 1 aliphatic rings. The molecule has 2 aromatic heterocycles. The summed E-state index contributed by atoms with van der Waals surface area (Å²) in [4.78, 5) is 18.8. The van der Waals surface area contributed by atoms with Crippen LogP contribution in [-0.4, -0.2) is 41.1 Å². The van der Waals surface area contributed by atoms with Crippen molar-refractivity contribution in [3.05, 3.63) is 77.4 Å². The number of aromatic nitrogens is 2. The summed E-state index contributed by atoms with van der Waals surface area (Å²) in [6.45, 7) is 3.23. The summed E-state index contributed by atoms with van der Waals surface area (Å²) in [5, 5.41) is 7.05. The third-order valence-corrected chi connectivity index (χ3v) is 5.42. The third-order valence-electron chi connectivity index (χ3n) is 5.42. The Morgan fingerprint density at radius 3 is 2.93 bits per heavy atom. The van der Waals surface area contributed by atoms with Crippen LogP contribution in [0.1, 0.15) is 46.1 Å². The fourth-order valence-corrected chi connectivity index (χ4v) is 3.83. The number of carbonyl (C=O) groups excluding carboxylic acids is 1. The van der Waals surface area contributed by atoms with Crippen LogP contribution in [0.5, 0.6) is 5.75 Å². The van der Waals surface area contributed by atoms with Crippen molar-refractivity contribution < 1.29 is 14.1 Å². The first kappa shape index (κ1) is 20.1. The molecular formula is C23H26N4O3. The second-order valence-corrected chi connectivity index (χ2v) is 7.58. The molecule has 0 aliphatic carbocycles. The minimum atomic E-state index is -0.255. The highest BCUT2D eigenvalue weighted by Gasteiger charge is 2.25. The van der Waals surface area contributed by atoms with E-state index in [0.717, 1.165) is 49.5 Å².